The number of amidine groups is 1. The first kappa shape index (κ1) is 33.6. The van der Waals surface area contributed by atoms with E-state index in [0.29, 0.717) is 29.8 Å². The van der Waals surface area contributed by atoms with Gasteiger partial charge in [-0.3, -0.25) is 24.5 Å². The maximum atomic E-state index is 13.9. The minimum atomic E-state index is -0.838. The molecule has 1 aromatic heterocycles. The Morgan fingerprint density at radius 3 is 2.43 bits per heavy atom. The number of anilines is 2. The molecule has 2 atom stereocenters. The Morgan fingerprint density at radius 1 is 1.00 bits per heavy atom. The van der Waals surface area contributed by atoms with Crippen molar-refractivity contribution in [2.24, 2.45) is 4.99 Å². The summed E-state index contributed by atoms with van der Waals surface area (Å²) in [4.78, 5) is 56.5. The van der Waals surface area contributed by atoms with Crippen molar-refractivity contribution in [3.63, 3.8) is 0 Å². The van der Waals surface area contributed by atoms with Crippen molar-refractivity contribution in [2.75, 3.05) is 36.5 Å². The van der Waals surface area contributed by atoms with Gasteiger partial charge in [0.05, 0.1) is 43.0 Å². The number of nitrogens with one attached hydrogen (secondary N) is 2. The van der Waals surface area contributed by atoms with Crippen LogP contribution in [0.1, 0.15) is 34.7 Å². The second-order valence-electron chi connectivity index (χ2n) is 11.6. The van der Waals surface area contributed by atoms with Gasteiger partial charge in [-0.1, -0.05) is 54.2 Å². The van der Waals surface area contributed by atoms with Crippen molar-refractivity contribution < 1.29 is 23.9 Å². The number of rotatable bonds is 10. The van der Waals surface area contributed by atoms with E-state index >= 15 is 0 Å². The Hall–Kier alpha value is -5.27. The number of carbonyl (C=O) groups excluding carboxylic acids is 3. The molecule has 1 unspecified atom stereocenters. The van der Waals surface area contributed by atoms with Crippen molar-refractivity contribution >= 4 is 51.9 Å². The first-order chi connectivity index (χ1) is 23.8. The number of amides is 3. The van der Waals surface area contributed by atoms with Crippen molar-refractivity contribution in [1.29, 1.82) is 0 Å². The van der Waals surface area contributed by atoms with Crippen molar-refractivity contribution in [2.45, 2.75) is 38.3 Å². The van der Waals surface area contributed by atoms with Crippen molar-refractivity contribution in [3.05, 3.63) is 114 Å². The van der Waals surface area contributed by atoms with Crippen LogP contribution in [0.4, 0.5) is 21.9 Å². The number of thioether (sulfide) groups is 1. The molecule has 3 amide bonds. The number of ether oxygens (including phenoxy) is 2. The van der Waals surface area contributed by atoms with Crippen molar-refractivity contribution in [3.8, 4) is 0 Å². The summed E-state index contributed by atoms with van der Waals surface area (Å²) in [6.07, 6.45) is 2.66. The normalized spacial score (nSPS) is 17.6. The molecule has 4 aromatic rings. The summed E-state index contributed by atoms with van der Waals surface area (Å²) in [7, 11) is 0. The zero-order chi connectivity index (χ0) is 34.2. The van der Waals surface area contributed by atoms with Gasteiger partial charge in [0.2, 0.25) is 11.8 Å². The molecule has 2 aliphatic rings. The van der Waals surface area contributed by atoms with Gasteiger partial charge in [-0.25, -0.2) is 9.79 Å². The lowest BCUT2D eigenvalue weighted by Gasteiger charge is -2.28. The van der Waals surface area contributed by atoms with Crippen LogP contribution < -0.4 is 15.5 Å². The Balaban J connectivity index is 1.12. The van der Waals surface area contributed by atoms with E-state index in [1.807, 2.05) is 61.5 Å². The maximum absolute atomic E-state index is 13.9. The minimum absolute atomic E-state index is 0.101. The smallest absolute Gasteiger partial charge is 0.408 e. The highest BCUT2D eigenvalue weighted by Crippen LogP contribution is 2.41. The fourth-order valence-corrected chi connectivity index (χ4v) is 6.40. The summed E-state index contributed by atoms with van der Waals surface area (Å²) < 4.78 is 10.7. The molecule has 6 rings (SSSR count). The largest absolute Gasteiger partial charge is 0.445 e. The van der Waals surface area contributed by atoms with E-state index in [9.17, 15) is 14.4 Å². The Bertz CT molecular complexity index is 1780. The first-order valence-electron chi connectivity index (χ1n) is 16.0. The lowest BCUT2D eigenvalue weighted by molar-refractivity contribution is -0.126. The first-order valence-corrected chi connectivity index (χ1v) is 16.9. The van der Waals surface area contributed by atoms with Crippen molar-refractivity contribution in [1.82, 2.24) is 20.2 Å². The van der Waals surface area contributed by atoms with Gasteiger partial charge in [0.15, 0.2) is 5.17 Å². The predicted molar refractivity (Wildman–Crippen MR) is 189 cm³/mol. The summed E-state index contributed by atoms with van der Waals surface area (Å²) >= 11 is 1.37. The Morgan fingerprint density at radius 2 is 1.73 bits per heavy atom. The standard InChI is InChI=1S/C36H37N7O5S/c1-24-20-38-30(21-37-24)22-43-34(45)32(49-35(43)41-29-12-14-31(15-13-29)42-16-18-47-19-17-42)27-8-10-28(11-9-27)40-33(44)25(2)39-36(46)48-23-26-6-4-3-5-7-26/h3-15,20-21,25,32H,16-19,22-23H2,1-2H3,(H,39,46)(H,40,44)/b41-35-/t25-,32?/m0/s1. The third-order valence-electron chi connectivity index (χ3n) is 7.97. The quantitative estimate of drug-likeness (QED) is 0.226. The molecule has 13 heteroatoms. The topological polar surface area (TPSA) is 138 Å². The molecule has 0 bridgehead atoms. The SMILES string of the molecule is Cc1cnc(CN2C(=O)C(c3ccc(NC(=O)[C@H](C)NC(=O)OCc4ccccc4)cc3)S/C2=N\c2ccc(N3CCOCC3)cc2)cn1. The van der Waals surface area contributed by atoms with Crippen LogP contribution in [0.25, 0.3) is 0 Å². The molecule has 2 aliphatic heterocycles. The highest BCUT2D eigenvalue weighted by molar-refractivity contribution is 8.15. The average Bonchev–Trinajstić information content (AvgIpc) is 3.43. The number of benzene rings is 3. The van der Waals surface area contributed by atoms with Gasteiger partial charge >= 0.3 is 6.09 Å². The Labute approximate surface area is 288 Å². The molecule has 252 valence electrons. The Kier molecular flexibility index (Phi) is 10.8. The summed E-state index contributed by atoms with van der Waals surface area (Å²) in [5.41, 5.74) is 5.41. The summed E-state index contributed by atoms with van der Waals surface area (Å²) in [5.74, 6) is -0.533. The zero-order valence-electron chi connectivity index (χ0n) is 27.2. The van der Waals surface area contributed by atoms with Crippen LogP contribution in [0.15, 0.2) is 96.2 Å². The van der Waals surface area contributed by atoms with Gasteiger partial charge < -0.3 is 25.0 Å². The van der Waals surface area contributed by atoms with Gasteiger partial charge in [-0.05, 0) is 61.4 Å². The van der Waals surface area contributed by atoms with E-state index in [2.05, 4.69) is 25.5 Å². The number of morpholine rings is 1. The highest BCUT2D eigenvalue weighted by atomic mass is 32.2. The van der Waals surface area contributed by atoms with Crippen LogP contribution in [0.5, 0.6) is 0 Å². The molecular weight excluding hydrogens is 643 g/mol. The third kappa shape index (κ3) is 8.80. The zero-order valence-corrected chi connectivity index (χ0v) is 28.1. The summed E-state index contributed by atoms with van der Waals surface area (Å²) in [5, 5.41) is 5.37. The van der Waals surface area contributed by atoms with E-state index in [-0.39, 0.29) is 19.1 Å². The molecule has 0 radical (unpaired) electrons. The van der Waals surface area contributed by atoms with Crippen LogP contribution in [0.2, 0.25) is 0 Å². The van der Waals surface area contributed by atoms with Gasteiger partial charge in [0.1, 0.15) is 17.9 Å². The molecule has 0 saturated carbocycles. The molecular formula is C36H37N7O5S. The number of aromatic nitrogens is 2. The predicted octanol–water partition coefficient (Wildman–Crippen LogP) is 5.38. The van der Waals surface area contributed by atoms with E-state index in [1.54, 1.807) is 48.5 Å². The van der Waals surface area contributed by atoms with Gasteiger partial charge in [0, 0.05) is 30.7 Å². The molecule has 2 saturated heterocycles. The monoisotopic (exact) mass is 679 g/mol. The molecule has 0 spiro atoms. The van der Waals surface area contributed by atoms with Gasteiger partial charge in [0.25, 0.3) is 0 Å². The van der Waals surface area contributed by atoms with E-state index in [1.165, 1.54) is 11.8 Å². The molecule has 49 heavy (non-hydrogen) atoms. The summed E-state index contributed by atoms with van der Waals surface area (Å²) in [6, 6.07) is 23.5. The van der Waals surface area contributed by atoms with E-state index < -0.39 is 23.3 Å². The molecule has 12 nitrogen and oxygen atoms in total. The number of alkyl carbamates (subject to hydrolysis) is 1. The number of aliphatic imine (C=N–C) groups is 1. The lowest BCUT2D eigenvalue weighted by atomic mass is 10.1. The number of hydrogen-bond donors (Lipinski definition) is 2. The molecule has 2 fully saturated rings. The van der Waals surface area contributed by atoms with E-state index in [0.717, 1.165) is 41.3 Å². The number of hydrogen-bond acceptors (Lipinski definition) is 10. The van der Waals surface area contributed by atoms with Crippen LogP contribution in [-0.4, -0.2) is 70.3 Å². The van der Waals surface area contributed by atoms with Gasteiger partial charge in [-0.2, -0.15) is 0 Å². The molecule has 2 N–H and O–H groups in total. The molecule has 3 aromatic carbocycles. The highest BCUT2D eigenvalue weighted by Gasteiger charge is 2.39. The second kappa shape index (κ2) is 15.8. The third-order valence-corrected chi connectivity index (χ3v) is 9.20. The number of nitrogens with zero attached hydrogens (tertiary/aromatic N) is 5. The minimum Gasteiger partial charge on any atom is -0.445 e. The second-order valence-corrected chi connectivity index (χ2v) is 12.7. The maximum Gasteiger partial charge on any atom is 0.408 e. The average molecular weight is 680 g/mol. The molecule has 3 heterocycles. The lowest BCUT2D eigenvalue weighted by Crippen LogP contribution is -2.41. The fourth-order valence-electron chi connectivity index (χ4n) is 5.23. The number of carbonyl (C=O) groups is 3. The van der Waals surface area contributed by atoms with Crippen LogP contribution in [-0.2, 0) is 32.2 Å². The fraction of sp³-hybridized carbons (Fsp3) is 0.278. The van der Waals surface area contributed by atoms with Crippen LogP contribution in [0.3, 0.4) is 0 Å². The number of aryl methyl sites for hydroxylation is 1. The van der Waals surface area contributed by atoms with Crippen LogP contribution in [0, 0.1) is 6.92 Å². The van der Waals surface area contributed by atoms with Crippen LogP contribution >= 0.6 is 11.8 Å². The van der Waals surface area contributed by atoms with Gasteiger partial charge in [-0.15, -0.1) is 0 Å². The van der Waals surface area contributed by atoms with E-state index in [4.69, 9.17) is 14.5 Å². The molecule has 0 aliphatic carbocycles. The summed E-state index contributed by atoms with van der Waals surface area (Å²) in [6.45, 7) is 6.86.